The molecule has 2 heterocycles. The third kappa shape index (κ3) is 3.16. The average Bonchev–Trinajstić information content (AvgIpc) is 2.80. The van der Waals surface area contributed by atoms with Crippen LogP contribution in [0.2, 0.25) is 0 Å². The van der Waals surface area contributed by atoms with Gasteiger partial charge >= 0.3 is 0 Å². The van der Waals surface area contributed by atoms with E-state index in [4.69, 9.17) is 11.6 Å². The van der Waals surface area contributed by atoms with Gasteiger partial charge in [-0.15, -0.1) is 22.9 Å². The number of alkyl halides is 1. The molecular weight excluding hydrogens is 276 g/mol. The molecule has 0 N–H and O–H groups in total. The van der Waals surface area contributed by atoms with Crippen molar-refractivity contribution in [2.75, 3.05) is 13.1 Å². The second kappa shape index (κ2) is 6.04. The van der Waals surface area contributed by atoms with Crippen LogP contribution in [0.4, 0.5) is 0 Å². The zero-order valence-electron chi connectivity index (χ0n) is 10.8. The van der Waals surface area contributed by atoms with Crippen LogP contribution in [0.25, 0.3) is 0 Å². The van der Waals surface area contributed by atoms with Crippen molar-refractivity contribution < 1.29 is 0 Å². The Balaban J connectivity index is 1.65. The average molecular weight is 293 g/mol. The number of rotatable bonds is 3. The van der Waals surface area contributed by atoms with Gasteiger partial charge in [-0.3, -0.25) is 4.90 Å². The monoisotopic (exact) mass is 292 g/mol. The van der Waals surface area contributed by atoms with Crippen LogP contribution in [0.15, 0.2) is 29.6 Å². The van der Waals surface area contributed by atoms with E-state index in [1.165, 1.54) is 16.1 Å². The molecular formula is C15H17ClN2S. The first kappa shape index (κ1) is 13.1. The summed E-state index contributed by atoms with van der Waals surface area (Å²) in [4.78, 5) is 7.04. The van der Waals surface area contributed by atoms with Gasteiger partial charge in [0, 0.05) is 18.5 Å². The molecule has 100 valence electrons. The highest BCUT2D eigenvalue weighted by Crippen LogP contribution is 2.19. The zero-order chi connectivity index (χ0) is 13.1. The molecule has 0 spiro atoms. The highest BCUT2D eigenvalue weighted by atomic mass is 35.5. The Bertz CT molecular complexity index is 526. The second-order valence-corrected chi connectivity index (χ2v) is 6.12. The van der Waals surface area contributed by atoms with E-state index in [1.54, 1.807) is 11.3 Å². The summed E-state index contributed by atoms with van der Waals surface area (Å²) in [5, 5.41) is 3.25. The van der Waals surface area contributed by atoms with Crippen LogP contribution >= 0.6 is 22.9 Å². The van der Waals surface area contributed by atoms with Crippen molar-refractivity contribution in [1.82, 2.24) is 9.88 Å². The standard InChI is InChI=1S/C15H17ClN2S/c16-9-14-11-19-15(17-14)10-18-7-5-12-3-1-2-4-13(12)6-8-18/h1-4,11H,5-10H2. The van der Waals surface area contributed by atoms with Crippen molar-refractivity contribution in [2.45, 2.75) is 25.3 Å². The maximum absolute atomic E-state index is 5.80. The number of hydrogen-bond donors (Lipinski definition) is 0. The smallest absolute Gasteiger partial charge is 0.107 e. The maximum Gasteiger partial charge on any atom is 0.107 e. The van der Waals surface area contributed by atoms with E-state index in [9.17, 15) is 0 Å². The second-order valence-electron chi connectivity index (χ2n) is 4.91. The lowest BCUT2D eigenvalue weighted by Crippen LogP contribution is -2.25. The highest BCUT2D eigenvalue weighted by Gasteiger charge is 2.14. The summed E-state index contributed by atoms with van der Waals surface area (Å²) < 4.78 is 0. The van der Waals surface area contributed by atoms with E-state index in [1.807, 2.05) is 0 Å². The molecule has 4 heteroatoms. The van der Waals surface area contributed by atoms with Crippen molar-refractivity contribution in [3.05, 3.63) is 51.5 Å². The first-order chi connectivity index (χ1) is 9.35. The minimum Gasteiger partial charge on any atom is -0.296 e. The van der Waals surface area contributed by atoms with Crippen LogP contribution in [0, 0.1) is 0 Å². The molecule has 0 atom stereocenters. The Morgan fingerprint density at radius 3 is 2.42 bits per heavy atom. The van der Waals surface area contributed by atoms with E-state index >= 15 is 0 Å². The van der Waals surface area contributed by atoms with Crippen molar-refractivity contribution in [2.24, 2.45) is 0 Å². The van der Waals surface area contributed by atoms with Crippen molar-refractivity contribution in [1.29, 1.82) is 0 Å². The predicted octanol–water partition coefficient (Wildman–Crippen LogP) is 3.48. The fraction of sp³-hybridized carbons (Fsp3) is 0.400. The Morgan fingerprint density at radius 2 is 1.84 bits per heavy atom. The van der Waals surface area contributed by atoms with Gasteiger partial charge in [0.2, 0.25) is 0 Å². The summed E-state index contributed by atoms with van der Waals surface area (Å²) in [5.74, 6) is 0.516. The molecule has 0 bridgehead atoms. The van der Waals surface area contributed by atoms with Crippen molar-refractivity contribution in [3.8, 4) is 0 Å². The van der Waals surface area contributed by atoms with Gasteiger partial charge in [-0.05, 0) is 24.0 Å². The molecule has 0 aliphatic carbocycles. The van der Waals surface area contributed by atoms with Gasteiger partial charge in [-0.2, -0.15) is 0 Å². The molecule has 0 amide bonds. The highest BCUT2D eigenvalue weighted by molar-refractivity contribution is 7.09. The van der Waals surface area contributed by atoms with Gasteiger partial charge in [0.25, 0.3) is 0 Å². The van der Waals surface area contributed by atoms with Crippen LogP contribution in [0.5, 0.6) is 0 Å². The van der Waals surface area contributed by atoms with Crippen LogP contribution < -0.4 is 0 Å². The van der Waals surface area contributed by atoms with Crippen LogP contribution in [-0.2, 0) is 25.3 Å². The Kier molecular flexibility index (Phi) is 4.16. The van der Waals surface area contributed by atoms with E-state index in [-0.39, 0.29) is 0 Å². The summed E-state index contributed by atoms with van der Waals surface area (Å²) >= 11 is 7.52. The summed E-state index contributed by atoms with van der Waals surface area (Å²) in [6.45, 7) is 3.19. The molecule has 2 aromatic rings. The molecule has 19 heavy (non-hydrogen) atoms. The lowest BCUT2D eigenvalue weighted by atomic mass is 10.0. The molecule has 3 rings (SSSR count). The van der Waals surface area contributed by atoms with E-state index < -0.39 is 0 Å². The summed E-state index contributed by atoms with van der Waals surface area (Å²) in [7, 11) is 0. The minimum absolute atomic E-state index is 0.516. The fourth-order valence-corrected chi connectivity index (χ4v) is 3.61. The number of fused-ring (bicyclic) bond motifs is 1. The number of halogens is 1. The summed E-state index contributed by atoms with van der Waals surface area (Å²) in [6.07, 6.45) is 2.29. The van der Waals surface area contributed by atoms with Crippen LogP contribution in [-0.4, -0.2) is 23.0 Å². The molecule has 1 aromatic carbocycles. The van der Waals surface area contributed by atoms with Gasteiger partial charge in [0.1, 0.15) is 5.01 Å². The maximum atomic E-state index is 5.80. The molecule has 1 aliphatic heterocycles. The Morgan fingerprint density at radius 1 is 1.16 bits per heavy atom. The SMILES string of the molecule is ClCc1csc(CN2CCc3ccccc3CC2)n1. The third-order valence-electron chi connectivity index (χ3n) is 3.61. The van der Waals surface area contributed by atoms with Gasteiger partial charge in [-0.1, -0.05) is 24.3 Å². The normalized spacial score (nSPS) is 16.1. The number of nitrogens with zero attached hydrogens (tertiary/aromatic N) is 2. The largest absolute Gasteiger partial charge is 0.296 e. The van der Waals surface area contributed by atoms with Gasteiger partial charge in [0.05, 0.1) is 18.1 Å². The number of thiazole rings is 1. The van der Waals surface area contributed by atoms with E-state index in [0.717, 1.165) is 38.2 Å². The lowest BCUT2D eigenvalue weighted by Gasteiger charge is -2.17. The zero-order valence-corrected chi connectivity index (χ0v) is 12.4. The van der Waals surface area contributed by atoms with Gasteiger partial charge < -0.3 is 0 Å². The summed E-state index contributed by atoms with van der Waals surface area (Å²) in [5.41, 5.74) is 4.01. The van der Waals surface area contributed by atoms with E-state index in [0.29, 0.717) is 5.88 Å². The molecule has 0 saturated carbocycles. The molecule has 2 nitrogen and oxygen atoms in total. The third-order valence-corrected chi connectivity index (χ3v) is 4.76. The van der Waals surface area contributed by atoms with Crippen LogP contribution in [0.3, 0.4) is 0 Å². The fourth-order valence-electron chi connectivity index (χ4n) is 2.55. The van der Waals surface area contributed by atoms with Gasteiger partial charge in [0.15, 0.2) is 0 Å². The lowest BCUT2D eigenvalue weighted by molar-refractivity contribution is 0.279. The minimum atomic E-state index is 0.516. The molecule has 1 aliphatic rings. The molecule has 0 unspecified atom stereocenters. The first-order valence-corrected chi connectivity index (χ1v) is 8.05. The molecule has 0 fully saturated rings. The van der Waals surface area contributed by atoms with Crippen LogP contribution in [0.1, 0.15) is 21.8 Å². The Hall–Kier alpha value is -0.900. The quantitative estimate of drug-likeness (QED) is 0.805. The number of hydrogen-bond acceptors (Lipinski definition) is 3. The van der Waals surface area contributed by atoms with Gasteiger partial charge in [-0.25, -0.2) is 4.98 Å². The molecule has 0 saturated heterocycles. The van der Waals surface area contributed by atoms with Crippen molar-refractivity contribution in [3.63, 3.8) is 0 Å². The number of aromatic nitrogens is 1. The van der Waals surface area contributed by atoms with E-state index in [2.05, 4.69) is 39.5 Å². The number of benzene rings is 1. The molecule has 0 radical (unpaired) electrons. The Labute approximate surface area is 123 Å². The van der Waals surface area contributed by atoms with Crippen molar-refractivity contribution >= 4 is 22.9 Å². The predicted molar refractivity (Wildman–Crippen MR) is 80.8 cm³/mol. The first-order valence-electron chi connectivity index (χ1n) is 6.63. The summed E-state index contributed by atoms with van der Waals surface area (Å²) in [6, 6.07) is 8.80. The topological polar surface area (TPSA) is 16.1 Å². The molecule has 1 aromatic heterocycles.